The number of aliphatic hydroxyl groups is 2. The van der Waals surface area contributed by atoms with E-state index in [4.69, 9.17) is 4.74 Å². The van der Waals surface area contributed by atoms with Gasteiger partial charge in [0.2, 0.25) is 5.91 Å². The molecule has 92 heavy (non-hydrogen) atoms. The van der Waals surface area contributed by atoms with E-state index in [-0.39, 0.29) is 18.5 Å². The summed E-state index contributed by atoms with van der Waals surface area (Å²) in [6.07, 6.45) is 107. The summed E-state index contributed by atoms with van der Waals surface area (Å²) in [6.45, 7) is 4.93. The molecule has 0 saturated heterocycles. The lowest BCUT2D eigenvalue weighted by Gasteiger charge is -2.20. The van der Waals surface area contributed by atoms with Crippen LogP contribution >= 0.6 is 0 Å². The molecule has 0 bridgehead atoms. The number of carbonyl (C=O) groups excluding carboxylic acids is 2. The van der Waals surface area contributed by atoms with Crippen LogP contribution in [-0.4, -0.2) is 47.4 Å². The van der Waals surface area contributed by atoms with E-state index in [0.29, 0.717) is 19.4 Å². The average Bonchev–Trinajstić information content (AvgIpc) is 3.62. The molecule has 6 heteroatoms. The zero-order chi connectivity index (χ0) is 66.3. The van der Waals surface area contributed by atoms with E-state index in [0.717, 1.165) is 51.4 Å². The second-order valence-electron chi connectivity index (χ2n) is 29.2. The maximum atomic E-state index is 12.6. The molecule has 6 nitrogen and oxygen atoms in total. The zero-order valence-corrected chi connectivity index (χ0v) is 62.6. The van der Waals surface area contributed by atoms with Gasteiger partial charge in [-0.1, -0.05) is 436 Å². The first kappa shape index (κ1) is 90.1. The third-order valence-electron chi connectivity index (χ3n) is 19.9. The quantitative estimate of drug-likeness (QED) is 0.0320. The van der Waals surface area contributed by atoms with Gasteiger partial charge in [0, 0.05) is 12.8 Å². The number of esters is 1. The molecule has 0 rings (SSSR count). The molecule has 0 aliphatic carbocycles. The minimum atomic E-state index is -0.842. The van der Waals surface area contributed by atoms with Crippen LogP contribution in [0.25, 0.3) is 0 Å². The molecule has 2 atom stereocenters. The van der Waals surface area contributed by atoms with E-state index in [9.17, 15) is 19.8 Å². The second kappa shape index (κ2) is 81.5. The lowest BCUT2D eigenvalue weighted by Crippen LogP contribution is -2.45. The van der Waals surface area contributed by atoms with Gasteiger partial charge in [0.25, 0.3) is 0 Å². The first-order chi connectivity index (χ1) is 45.5. The highest BCUT2D eigenvalue weighted by atomic mass is 16.5. The van der Waals surface area contributed by atoms with Crippen LogP contribution in [0.5, 0.6) is 0 Å². The highest BCUT2D eigenvalue weighted by Gasteiger charge is 2.18. The van der Waals surface area contributed by atoms with Gasteiger partial charge in [-0.15, -0.1) is 0 Å². The summed E-state index contributed by atoms with van der Waals surface area (Å²) in [4.78, 5) is 24.7. The molecule has 544 valence electrons. The number of hydrogen-bond donors (Lipinski definition) is 3. The van der Waals surface area contributed by atoms with Crippen LogP contribution in [0.2, 0.25) is 0 Å². The molecule has 0 aliphatic heterocycles. The van der Waals surface area contributed by atoms with E-state index in [1.54, 1.807) is 6.08 Å². The summed E-state index contributed by atoms with van der Waals surface area (Å²) in [5.41, 5.74) is 0. The molecule has 0 saturated carbocycles. The normalized spacial score (nSPS) is 12.6. The van der Waals surface area contributed by atoms with Crippen LogP contribution in [0.3, 0.4) is 0 Å². The Kier molecular flexibility index (Phi) is 79.8. The Bertz CT molecular complexity index is 1490. The summed E-state index contributed by atoms with van der Waals surface area (Å²) in [7, 11) is 0. The third-order valence-corrected chi connectivity index (χ3v) is 19.9. The van der Waals surface area contributed by atoms with E-state index >= 15 is 0 Å². The maximum Gasteiger partial charge on any atom is 0.305 e. The van der Waals surface area contributed by atoms with E-state index in [1.165, 1.54) is 398 Å². The minimum Gasteiger partial charge on any atom is -0.466 e. The topological polar surface area (TPSA) is 95.9 Å². The van der Waals surface area contributed by atoms with Gasteiger partial charge in [-0.3, -0.25) is 9.59 Å². The molecule has 0 radical (unpaired) electrons. The minimum absolute atomic E-state index is 0.0154. The average molecular weight is 1290 g/mol. The molecule has 0 fully saturated rings. The van der Waals surface area contributed by atoms with Crippen molar-refractivity contribution in [2.24, 2.45) is 0 Å². The van der Waals surface area contributed by atoms with Crippen LogP contribution in [-0.2, 0) is 14.3 Å². The molecular formula is C86H165NO5. The molecule has 1 amide bonds. The molecule has 0 heterocycles. The smallest absolute Gasteiger partial charge is 0.305 e. The Labute approximate surface area is 576 Å². The predicted molar refractivity (Wildman–Crippen MR) is 407 cm³/mol. The van der Waals surface area contributed by atoms with Crippen molar-refractivity contribution in [3.8, 4) is 0 Å². The summed E-state index contributed by atoms with van der Waals surface area (Å²) in [5, 5.41) is 23.3. The molecule has 0 aromatic rings. The maximum absolute atomic E-state index is 12.6. The van der Waals surface area contributed by atoms with Crippen LogP contribution in [0.15, 0.2) is 36.5 Å². The number of aliphatic hydroxyl groups excluding tert-OH is 2. The highest BCUT2D eigenvalue weighted by Crippen LogP contribution is 2.20. The van der Waals surface area contributed by atoms with Gasteiger partial charge in [-0.25, -0.2) is 0 Å². The van der Waals surface area contributed by atoms with Crippen molar-refractivity contribution in [2.45, 2.75) is 488 Å². The van der Waals surface area contributed by atoms with Crippen molar-refractivity contribution in [1.82, 2.24) is 5.32 Å². The fraction of sp³-hybridized carbons (Fsp3) is 0.907. The van der Waals surface area contributed by atoms with Gasteiger partial charge in [0.05, 0.1) is 25.4 Å². The third kappa shape index (κ3) is 77.1. The number of unbranched alkanes of at least 4 members (excludes halogenated alkanes) is 65. The molecular weight excluding hydrogens is 1130 g/mol. The number of rotatable bonds is 80. The van der Waals surface area contributed by atoms with Gasteiger partial charge in [-0.05, 0) is 64.2 Å². The number of carbonyl (C=O) groups is 2. The predicted octanol–water partition coefficient (Wildman–Crippen LogP) is 28.2. The van der Waals surface area contributed by atoms with Crippen molar-refractivity contribution in [1.29, 1.82) is 0 Å². The van der Waals surface area contributed by atoms with Crippen molar-refractivity contribution >= 4 is 11.9 Å². The molecule has 0 spiro atoms. The highest BCUT2D eigenvalue weighted by molar-refractivity contribution is 5.76. The van der Waals surface area contributed by atoms with Crippen LogP contribution < -0.4 is 5.32 Å². The van der Waals surface area contributed by atoms with Crippen LogP contribution in [0, 0.1) is 0 Å². The van der Waals surface area contributed by atoms with Crippen molar-refractivity contribution in [2.75, 3.05) is 13.2 Å². The molecule has 0 aromatic carbocycles. The number of ether oxygens (including phenoxy) is 1. The molecule has 3 N–H and O–H groups in total. The summed E-state index contributed by atoms with van der Waals surface area (Å²) < 4.78 is 5.51. The van der Waals surface area contributed by atoms with Crippen molar-refractivity contribution in [3.63, 3.8) is 0 Å². The largest absolute Gasteiger partial charge is 0.466 e. The summed E-state index contributed by atoms with van der Waals surface area (Å²) in [5.74, 6) is -0.0420. The first-order valence-corrected chi connectivity index (χ1v) is 42.3. The first-order valence-electron chi connectivity index (χ1n) is 42.3. The van der Waals surface area contributed by atoms with E-state index < -0.39 is 12.1 Å². The van der Waals surface area contributed by atoms with Crippen molar-refractivity contribution in [3.05, 3.63) is 36.5 Å². The Hall–Kier alpha value is -1.92. The fourth-order valence-electron chi connectivity index (χ4n) is 13.5. The zero-order valence-electron chi connectivity index (χ0n) is 62.6. The van der Waals surface area contributed by atoms with Gasteiger partial charge in [-0.2, -0.15) is 0 Å². The lowest BCUT2D eigenvalue weighted by atomic mass is 10.0. The molecule has 0 aromatic heterocycles. The van der Waals surface area contributed by atoms with E-state index in [1.807, 2.05) is 6.08 Å². The number of nitrogens with one attached hydrogen (secondary N) is 1. The van der Waals surface area contributed by atoms with Gasteiger partial charge in [0.1, 0.15) is 0 Å². The number of hydrogen-bond acceptors (Lipinski definition) is 5. The van der Waals surface area contributed by atoms with E-state index in [2.05, 4.69) is 43.5 Å². The SMILES string of the molecule is CCCCC/C=C\C/C=C\CCCCCCCCCC(=O)OCCCCCCCCCCCCCCCCCCCCCCCCCCCCCCCCCCCCCC(=O)NC(CO)C(O)/C=C/CCCCCCCCCCCCCCCCCCCCCCC. The van der Waals surface area contributed by atoms with Crippen LogP contribution in [0.1, 0.15) is 476 Å². The Morgan fingerprint density at radius 2 is 0.543 bits per heavy atom. The number of amides is 1. The van der Waals surface area contributed by atoms with Gasteiger partial charge in [0.15, 0.2) is 0 Å². The summed E-state index contributed by atoms with van der Waals surface area (Å²) in [6, 6.07) is -0.625. The Morgan fingerprint density at radius 3 is 0.848 bits per heavy atom. The van der Waals surface area contributed by atoms with Gasteiger partial charge < -0.3 is 20.3 Å². The molecule has 2 unspecified atom stereocenters. The van der Waals surface area contributed by atoms with Crippen molar-refractivity contribution < 1.29 is 24.5 Å². The lowest BCUT2D eigenvalue weighted by molar-refractivity contribution is -0.143. The Morgan fingerprint density at radius 1 is 0.304 bits per heavy atom. The molecule has 0 aliphatic rings. The van der Waals surface area contributed by atoms with Crippen LogP contribution in [0.4, 0.5) is 0 Å². The standard InChI is InChI=1S/C86H165NO5/c1-3-5-7-9-11-13-15-17-19-21-22-23-37-40-43-47-50-54-58-62-66-70-74-78-84(89)83(82-88)87-85(90)79-75-71-67-63-59-55-51-48-44-41-38-35-33-31-29-27-25-24-26-28-30-32-34-36-39-42-45-49-53-57-61-65-69-73-77-81-92-86(91)80-76-72-68-64-60-56-52-46-20-18-16-14-12-10-8-6-4-2/h12,14,18,20,74,78,83-84,88-89H,3-11,13,15-17,19,21-73,75-77,79-82H2,1-2H3,(H,87,90)/b14-12-,20-18-,78-74+. The van der Waals surface area contributed by atoms with Gasteiger partial charge >= 0.3 is 5.97 Å². The Balaban J connectivity index is 3.33. The number of allylic oxidation sites excluding steroid dienone is 5. The monoisotopic (exact) mass is 1290 g/mol. The fourth-order valence-corrected chi connectivity index (χ4v) is 13.5. The second-order valence-corrected chi connectivity index (χ2v) is 29.2. The summed E-state index contributed by atoms with van der Waals surface area (Å²) >= 11 is 0.